The molecule has 0 radical (unpaired) electrons. The molecule has 0 spiro atoms. The Balaban J connectivity index is 1.94. The highest BCUT2D eigenvalue weighted by atomic mass is 32.2. The van der Waals surface area contributed by atoms with Gasteiger partial charge in [0.25, 0.3) is 0 Å². The maximum atomic E-state index is 13.9. The zero-order chi connectivity index (χ0) is 14.8. The van der Waals surface area contributed by atoms with Crippen molar-refractivity contribution in [1.29, 1.82) is 5.26 Å². The fraction of sp³-hybridized carbons (Fsp3) is 0.235. The summed E-state index contributed by atoms with van der Waals surface area (Å²) in [4.78, 5) is 0.746. The fourth-order valence-corrected chi connectivity index (χ4v) is 3.71. The van der Waals surface area contributed by atoms with Crippen LogP contribution in [0.15, 0.2) is 41.3 Å². The molecule has 0 bridgehead atoms. The largest absolute Gasteiger partial charge is 0.378 e. The van der Waals surface area contributed by atoms with Crippen LogP contribution < -0.4 is 5.32 Å². The molecule has 2 aromatic rings. The van der Waals surface area contributed by atoms with Crippen LogP contribution in [0.2, 0.25) is 0 Å². The van der Waals surface area contributed by atoms with E-state index in [4.69, 9.17) is 5.26 Å². The van der Waals surface area contributed by atoms with Crippen molar-refractivity contribution in [2.75, 3.05) is 11.1 Å². The molecule has 106 valence electrons. The number of halogens is 1. The van der Waals surface area contributed by atoms with Crippen molar-refractivity contribution in [3.05, 3.63) is 58.9 Å². The van der Waals surface area contributed by atoms with E-state index < -0.39 is 0 Å². The van der Waals surface area contributed by atoms with Crippen LogP contribution in [0.5, 0.6) is 0 Å². The number of benzene rings is 2. The van der Waals surface area contributed by atoms with Crippen LogP contribution in [-0.4, -0.2) is 5.75 Å². The number of thioether (sulfide) groups is 1. The monoisotopic (exact) mass is 298 g/mol. The molecule has 3 rings (SSSR count). The molecule has 0 fully saturated rings. The predicted molar refractivity (Wildman–Crippen MR) is 84.0 cm³/mol. The van der Waals surface area contributed by atoms with Crippen LogP contribution in [-0.2, 0) is 0 Å². The summed E-state index contributed by atoms with van der Waals surface area (Å²) in [6.45, 7) is 2.01. The fourth-order valence-electron chi connectivity index (χ4n) is 2.57. The first kappa shape index (κ1) is 14.0. The molecule has 1 aliphatic rings. The smallest absolute Gasteiger partial charge is 0.137 e. The number of hydrogen-bond acceptors (Lipinski definition) is 3. The van der Waals surface area contributed by atoms with Crippen LogP contribution in [0.4, 0.5) is 10.1 Å². The lowest BCUT2D eigenvalue weighted by Crippen LogP contribution is -2.17. The normalized spacial score (nSPS) is 16.9. The van der Waals surface area contributed by atoms with Crippen molar-refractivity contribution in [2.24, 2.45) is 0 Å². The first-order chi connectivity index (χ1) is 10.2. The molecule has 1 aliphatic heterocycles. The molecule has 0 aromatic heterocycles. The summed E-state index contributed by atoms with van der Waals surface area (Å²) in [5, 5.41) is 12.5. The van der Waals surface area contributed by atoms with E-state index in [2.05, 4.69) is 11.4 Å². The van der Waals surface area contributed by atoms with Gasteiger partial charge < -0.3 is 5.32 Å². The second-order valence-corrected chi connectivity index (χ2v) is 6.24. The highest BCUT2D eigenvalue weighted by Crippen LogP contribution is 2.39. The molecule has 2 nitrogen and oxygen atoms in total. The first-order valence-electron chi connectivity index (χ1n) is 6.87. The lowest BCUT2D eigenvalue weighted by atomic mass is 10.0. The lowest BCUT2D eigenvalue weighted by Gasteiger charge is -2.27. The Morgan fingerprint density at radius 1 is 1.33 bits per heavy atom. The highest BCUT2D eigenvalue weighted by molar-refractivity contribution is 7.99. The Labute approximate surface area is 128 Å². The third-order valence-electron chi connectivity index (χ3n) is 3.72. The topological polar surface area (TPSA) is 35.8 Å². The molecule has 1 heterocycles. The molecule has 0 saturated carbocycles. The number of fused-ring (bicyclic) bond motifs is 1. The van der Waals surface area contributed by atoms with Gasteiger partial charge in [-0.3, -0.25) is 0 Å². The Hall–Kier alpha value is -1.99. The second-order valence-electron chi connectivity index (χ2n) is 5.13. The Bertz CT molecular complexity index is 721. The van der Waals surface area contributed by atoms with E-state index in [1.54, 1.807) is 17.8 Å². The molecule has 1 atom stereocenters. The third kappa shape index (κ3) is 2.74. The van der Waals surface area contributed by atoms with Gasteiger partial charge in [-0.05, 0) is 42.7 Å². The van der Waals surface area contributed by atoms with Crippen molar-refractivity contribution < 1.29 is 4.39 Å². The molecular weight excluding hydrogens is 283 g/mol. The number of nitrogens with one attached hydrogen (secondary N) is 1. The van der Waals surface area contributed by atoms with Gasteiger partial charge in [-0.1, -0.05) is 18.2 Å². The van der Waals surface area contributed by atoms with Crippen LogP contribution in [0.3, 0.4) is 0 Å². The van der Waals surface area contributed by atoms with Gasteiger partial charge >= 0.3 is 0 Å². The van der Waals surface area contributed by atoms with Crippen LogP contribution in [0, 0.1) is 24.1 Å². The van der Waals surface area contributed by atoms with Gasteiger partial charge in [-0.2, -0.15) is 5.26 Å². The third-order valence-corrected chi connectivity index (χ3v) is 4.88. The minimum Gasteiger partial charge on any atom is -0.378 e. The molecule has 1 N–H and O–H groups in total. The van der Waals surface area contributed by atoms with Gasteiger partial charge in [0.2, 0.25) is 0 Å². The molecule has 1 unspecified atom stereocenters. The summed E-state index contributed by atoms with van der Waals surface area (Å²) >= 11 is 1.57. The zero-order valence-corrected chi connectivity index (χ0v) is 12.5. The van der Waals surface area contributed by atoms with E-state index in [0.717, 1.165) is 33.9 Å². The van der Waals surface area contributed by atoms with Crippen molar-refractivity contribution in [3.8, 4) is 6.07 Å². The van der Waals surface area contributed by atoms with E-state index in [9.17, 15) is 4.39 Å². The molecule has 0 amide bonds. The summed E-state index contributed by atoms with van der Waals surface area (Å²) in [6.07, 6.45) is 0.942. The van der Waals surface area contributed by atoms with Crippen molar-refractivity contribution in [1.82, 2.24) is 0 Å². The molecule has 0 aliphatic carbocycles. The molecule has 0 saturated heterocycles. The quantitative estimate of drug-likeness (QED) is 0.876. The Kier molecular flexibility index (Phi) is 3.85. The van der Waals surface area contributed by atoms with Gasteiger partial charge in [0.05, 0.1) is 17.7 Å². The van der Waals surface area contributed by atoms with E-state index in [1.165, 1.54) is 6.07 Å². The standard InChI is InChI=1S/C17H15FN2S/c1-11-5-6-12(10-19)9-16(11)20-15-7-8-21-17-13(15)3-2-4-14(17)18/h2-6,9,15,20H,7-8H2,1H3. The maximum absolute atomic E-state index is 13.9. The van der Waals surface area contributed by atoms with Gasteiger partial charge in [0, 0.05) is 16.3 Å². The van der Waals surface area contributed by atoms with Crippen LogP contribution in [0.25, 0.3) is 0 Å². The van der Waals surface area contributed by atoms with Gasteiger partial charge in [0.1, 0.15) is 5.82 Å². The number of aryl methyl sites for hydroxylation is 1. The average molecular weight is 298 g/mol. The van der Waals surface area contributed by atoms with Crippen LogP contribution >= 0.6 is 11.8 Å². The molecule has 21 heavy (non-hydrogen) atoms. The van der Waals surface area contributed by atoms with Gasteiger partial charge in [0.15, 0.2) is 0 Å². The van der Waals surface area contributed by atoms with Crippen molar-refractivity contribution in [3.63, 3.8) is 0 Å². The van der Waals surface area contributed by atoms with E-state index >= 15 is 0 Å². The van der Waals surface area contributed by atoms with E-state index in [0.29, 0.717) is 5.56 Å². The number of rotatable bonds is 2. The highest BCUT2D eigenvalue weighted by Gasteiger charge is 2.23. The first-order valence-corrected chi connectivity index (χ1v) is 7.86. The summed E-state index contributed by atoms with van der Waals surface area (Å²) in [5.74, 6) is 0.745. The molecule has 2 aromatic carbocycles. The average Bonchev–Trinajstić information content (AvgIpc) is 2.50. The summed E-state index contributed by atoms with van der Waals surface area (Å²) < 4.78 is 13.9. The number of hydrogen-bond donors (Lipinski definition) is 1. The number of nitrogens with zero attached hydrogens (tertiary/aromatic N) is 1. The zero-order valence-electron chi connectivity index (χ0n) is 11.7. The van der Waals surface area contributed by atoms with E-state index in [1.807, 2.05) is 31.2 Å². The predicted octanol–water partition coefficient (Wildman–Crippen LogP) is 4.65. The van der Waals surface area contributed by atoms with Crippen molar-refractivity contribution >= 4 is 17.4 Å². The summed E-state index contributed by atoms with van der Waals surface area (Å²) in [6, 6.07) is 13.1. The van der Waals surface area contributed by atoms with Gasteiger partial charge in [-0.15, -0.1) is 11.8 Å². The van der Waals surface area contributed by atoms with E-state index in [-0.39, 0.29) is 11.9 Å². The Morgan fingerprint density at radius 3 is 3.00 bits per heavy atom. The van der Waals surface area contributed by atoms with Gasteiger partial charge in [-0.25, -0.2) is 4.39 Å². The minimum atomic E-state index is -0.147. The maximum Gasteiger partial charge on any atom is 0.137 e. The number of nitriles is 1. The van der Waals surface area contributed by atoms with Crippen molar-refractivity contribution in [2.45, 2.75) is 24.3 Å². The summed E-state index contributed by atoms with van der Waals surface area (Å²) in [7, 11) is 0. The second kappa shape index (κ2) is 5.79. The molecule has 4 heteroatoms. The SMILES string of the molecule is Cc1ccc(C#N)cc1NC1CCSc2c(F)cccc21. The number of anilines is 1. The molecular formula is C17H15FN2S. The summed E-state index contributed by atoms with van der Waals surface area (Å²) in [5.41, 5.74) is 3.67. The lowest BCUT2D eigenvalue weighted by molar-refractivity contribution is 0.585. The van der Waals surface area contributed by atoms with Crippen LogP contribution in [0.1, 0.15) is 29.2 Å². The minimum absolute atomic E-state index is 0.0876. The Morgan fingerprint density at radius 2 is 2.19 bits per heavy atom.